The van der Waals surface area contributed by atoms with E-state index in [-0.39, 0.29) is 41.1 Å². The molecule has 1 aliphatic rings. The predicted octanol–water partition coefficient (Wildman–Crippen LogP) is 4.51. The van der Waals surface area contributed by atoms with E-state index in [1.165, 1.54) is 6.07 Å². The number of hydrogen-bond donors (Lipinski definition) is 1. The zero-order valence-electron chi connectivity index (χ0n) is 19.0. The number of benzene rings is 1. The first-order valence-electron chi connectivity index (χ1n) is 11.0. The van der Waals surface area contributed by atoms with Crippen molar-refractivity contribution in [3.05, 3.63) is 59.7 Å². The number of aromatic nitrogens is 2. The predicted molar refractivity (Wildman–Crippen MR) is 124 cm³/mol. The van der Waals surface area contributed by atoms with Crippen molar-refractivity contribution in [2.75, 3.05) is 16.8 Å². The van der Waals surface area contributed by atoms with Gasteiger partial charge in [0.05, 0.1) is 28.8 Å². The van der Waals surface area contributed by atoms with Crippen molar-refractivity contribution in [2.24, 2.45) is 0 Å². The average Bonchev–Trinajstić information content (AvgIpc) is 3.45. The van der Waals surface area contributed by atoms with Crippen molar-refractivity contribution >= 4 is 21.6 Å². The molecule has 3 aromatic rings. The molecule has 1 aliphatic heterocycles. The smallest absolute Gasteiger partial charge is 0.225 e. The van der Waals surface area contributed by atoms with Crippen molar-refractivity contribution < 1.29 is 22.0 Å². The Labute approximate surface area is 192 Å². The number of furan rings is 1. The molecule has 0 radical (unpaired) electrons. The molecule has 1 aromatic carbocycles. The maximum atomic E-state index is 14.0. The molecule has 0 unspecified atom stereocenters. The Balaban J connectivity index is 1.45. The summed E-state index contributed by atoms with van der Waals surface area (Å²) in [6.07, 6.45) is 0.975. The molecule has 33 heavy (non-hydrogen) atoms. The Morgan fingerprint density at radius 1 is 1.24 bits per heavy atom. The molecule has 0 bridgehead atoms. The van der Waals surface area contributed by atoms with E-state index in [9.17, 15) is 17.6 Å². The van der Waals surface area contributed by atoms with E-state index >= 15 is 0 Å². The normalized spacial score (nSPS) is 17.9. The molecule has 0 spiro atoms. The summed E-state index contributed by atoms with van der Waals surface area (Å²) in [6, 6.07) is 11.3. The highest BCUT2D eigenvalue weighted by atomic mass is 32.2. The number of anilines is 1. The Morgan fingerprint density at radius 3 is 2.67 bits per heavy atom. The topological polar surface area (TPSA) is 94.2 Å². The monoisotopic (exact) mass is 473 g/mol. The van der Waals surface area contributed by atoms with Gasteiger partial charge in [-0.05, 0) is 30.7 Å². The van der Waals surface area contributed by atoms with E-state index in [1.54, 1.807) is 35.0 Å². The van der Waals surface area contributed by atoms with Crippen molar-refractivity contribution in [3.8, 4) is 11.3 Å². The molecule has 176 valence electrons. The molecular weight excluding hydrogens is 445 g/mol. The number of aryl methyl sites for hydroxylation is 1. The highest BCUT2D eigenvalue weighted by Gasteiger charge is 2.32. The Bertz CT molecular complexity index is 1270. The summed E-state index contributed by atoms with van der Waals surface area (Å²) in [5, 5.41) is 7.52. The number of nitrogens with one attached hydrogen (secondary N) is 1. The van der Waals surface area contributed by atoms with Crippen LogP contribution in [0.15, 0.2) is 46.9 Å². The van der Waals surface area contributed by atoms with Crippen molar-refractivity contribution in [1.82, 2.24) is 9.78 Å². The number of hydrogen-bond acceptors (Lipinski definition) is 5. The van der Waals surface area contributed by atoms with Crippen LogP contribution in [0.1, 0.15) is 51.1 Å². The summed E-state index contributed by atoms with van der Waals surface area (Å²) in [7, 11) is -3.10. The van der Waals surface area contributed by atoms with E-state index in [1.807, 2.05) is 26.8 Å². The van der Waals surface area contributed by atoms with Crippen LogP contribution in [0.25, 0.3) is 11.3 Å². The van der Waals surface area contributed by atoms with Crippen molar-refractivity contribution in [1.29, 1.82) is 0 Å². The third kappa shape index (κ3) is 5.35. The minimum atomic E-state index is -3.10. The molecule has 0 aliphatic carbocycles. The number of sulfone groups is 1. The zero-order valence-corrected chi connectivity index (χ0v) is 19.8. The first-order chi connectivity index (χ1) is 15.5. The lowest BCUT2D eigenvalue weighted by atomic mass is 9.92. The standard InChI is InChI=1S/C24H28FN3O4S/c1-24(2,3)21-14-22(28(27-21)16-12-13-33(30,31)15-16)26-23(29)11-9-17-8-10-20(32-17)18-6-4-5-7-19(18)25/h4-8,10,14,16H,9,11-13,15H2,1-3H3,(H,26,29)/t16-/m0/s1. The summed E-state index contributed by atoms with van der Waals surface area (Å²) in [6.45, 7) is 6.04. The van der Waals surface area contributed by atoms with Gasteiger partial charge in [-0.1, -0.05) is 32.9 Å². The van der Waals surface area contributed by atoms with Crippen LogP contribution in [-0.4, -0.2) is 35.6 Å². The maximum absolute atomic E-state index is 14.0. The van der Waals surface area contributed by atoms with E-state index in [0.29, 0.717) is 35.7 Å². The Kier molecular flexibility index (Phi) is 6.18. The minimum Gasteiger partial charge on any atom is -0.461 e. The summed E-state index contributed by atoms with van der Waals surface area (Å²) in [4.78, 5) is 12.7. The lowest BCUT2D eigenvalue weighted by molar-refractivity contribution is -0.116. The van der Waals surface area contributed by atoms with Crippen LogP contribution < -0.4 is 5.32 Å². The summed E-state index contributed by atoms with van der Waals surface area (Å²) < 4.78 is 45.3. The van der Waals surface area contributed by atoms with Crippen LogP contribution in [0, 0.1) is 5.82 Å². The number of halogens is 1. The minimum absolute atomic E-state index is 0.0202. The van der Waals surface area contributed by atoms with Crippen molar-refractivity contribution in [3.63, 3.8) is 0 Å². The summed E-state index contributed by atoms with van der Waals surface area (Å²) >= 11 is 0. The number of rotatable bonds is 6. The van der Waals surface area contributed by atoms with E-state index in [4.69, 9.17) is 4.42 Å². The summed E-state index contributed by atoms with van der Waals surface area (Å²) in [5.74, 6) is 1.03. The fourth-order valence-electron chi connectivity index (χ4n) is 3.86. The van der Waals surface area contributed by atoms with Gasteiger partial charge in [-0.3, -0.25) is 4.79 Å². The quantitative estimate of drug-likeness (QED) is 0.568. The first kappa shape index (κ1) is 23.2. The number of carbonyl (C=O) groups excluding carboxylic acids is 1. The van der Waals surface area contributed by atoms with Crippen LogP contribution in [0.3, 0.4) is 0 Å². The molecule has 9 heteroatoms. The van der Waals surface area contributed by atoms with Gasteiger partial charge in [-0.15, -0.1) is 0 Å². The number of nitrogens with zero attached hydrogens (tertiary/aromatic N) is 2. The average molecular weight is 474 g/mol. The highest BCUT2D eigenvalue weighted by Crippen LogP contribution is 2.31. The van der Waals surface area contributed by atoms with E-state index in [2.05, 4.69) is 10.4 Å². The van der Waals surface area contributed by atoms with Gasteiger partial charge in [-0.25, -0.2) is 17.5 Å². The Morgan fingerprint density at radius 2 is 2.00 bits per heavy atom. The maximum Gasteiger partial charge on any atom is 0.225 e. The molecule has 1 N–H and O–H groups in total. The van der Waals surface area contributed by atoms with Crippen LogP contribution in [-0.2, 0) is 26.5 Å². The van der Waals surface area contributed by atoms with E-state index in [0.717, 1.165) is 5.69 Å². The number of amides is 1. The van der Waals surface area contributed by atoms with Gasteiger partial charge in [0.15, 0.2) is 9.84 Å². The molecule has 0 saturated carbocycles. The van der Waals surface area contributed by atoms with Gasteiger partial charge in [0, 0.05) is 24.3 Å². The second-order valence-corrected chi connectivity index (χ2v) is 11.7. The van der Waals surface area contributed by atoms with Gasteiger partial charge in [0.1, 0.15) is 23.2 Å². The first-order valence-corrected chi connectivity index (χ1v) is 12.8. The van der Waals surface area contributed by atoms with Crippen LogP contribution >= 0.6 is 0 Å². The SMILES string of the molecule is CC(C)(C)c1cc(NC(=O)CCc2ccc(-c3ccccc3F)o2)n([C@H]2CCS(=O)(=O)C2)n1. The fourth-order valence-corrected chi connectivity index (χ4v) is 5.55. The van der Waals surface area contributed by atoms with Gasteiger partial charge in [0.2, 0.25) is 5.91 Å². The second-order valence-electron chi connectivity index (χ2n) is 9.46. The van der Waals surface area contributed by atoms with Gasteiger partial charge in [0.25, 0.3) is 0 Å². The third-order valence-electron chi connectivity index (χ3n) is 5.73. The van der Waals surface area contributed by atoms with Crippen LogP contribution in [0.2, 0.25) is 0 Å². The molecule has 2 aromatic heterocycles. The molecule has 4 rings (SSSR count). The van der Waals surface area contributed by atoms with Crippen LogP contribution in [0.5, 0.6) is 0 Å². The molecule has 1 amide bonds. The molecular formula is C24H28FN3O4S. The van der Waals surface area contributed by atoms with Gasteiger partial charge in [-0.2, -0.15) is 5.10 Å². The Hall–Kier alpha value is -2.94. The lowest BCUT2D eigenvalue weighted by Gasteiger charge is -2.15. The van der Waals surface area contributed by atoms with Gasteiger partial charge < -0.3 is 9.73 Å². The van der Waals surface area contributed by atoms with Gasteiger partial charge >= 0.3 is 0 Å². The van der Waals surface area contributed by atoms with E-state index < -0.39 is 9.84 Å². The highest BCUT2D eigenvalue weighted by molar-refractivity contribution is 7.91. The number of carbonyl (C=O) groups is 1. The zero-order chi connectivity index (χ0) is 23.8. The lowest BCUT2D eigenvalue weighted by Crippen LogP contribution is -2.20. The molecule has 1 saturated heterocycles. The van der Waals surface area contributed by atoms with Crippen LogP contribution in [0.4, 0.5) is 10.2 Å². The third-order valence-corrected chi connectivity index (χ3v) is 7.48. The molecule has 1 fully saturated rings. The molecule has 7 nitrogen and oxygen atoms in total. The van der Waals surface area contributed by atoms with Crippen molar-refractivity contribution in [2.45, 2.75) is 51.5 Å². The second kappa shape index (κ2) is 8.78. The summed E-state index contributed by atoms with van der Waals surface area (Å²) in [5.41, 5.74) is 0.903. The largest absolute Gasteiger partial charge is 0.461 e. The molecule has 1 atom stereocenters. The fraction of sp³-hybridized carbons (Fsp3) is 0.417. The molecule has 3 heterocycles.